The minimum Gasteiger partial charge on any atom is -0.383 e. The van der Waals surface area contributed by atoms with E-state index >= 15 is 0 Å². The van der Waals surface area contributed by atoms with Gasteiger partial charge >= 0.3 is 11.2 Å². The smallest absolute Gasteiger partial charge is 0.383 e. The molecule has 0 fully saturated rings. The Labute approximate surface area is 168 Å². The van der Waals surface area contributed by atoms with Crippen LogP contribution in [0.25, 0.3) is 0 Å². The van der Waals surface area contributed by atoms with E-state index in [4.69, 9.17) is 5.73 Å². The summed E-state index contributed by atoms with van der Waals surface area (Å²) in [6.07, 6.45) is 1.32. The van der Waals surface area contributed by atoms with Gasteiger partial charge in [-0.15, -0.1) is 0 Å². The molecule has 0 spiro atoms. The van der Waals surface area contributed by atoms with Crippen molar-refractivity contribution in [3.63, 3.8) is 0 Å². The van der Waals surface area contributed by atoms with Crippen LogP contribution in [0.3, 0.4) is 0 Å². The van der Waals surface area contributed by atoms with Gasteiger partial charge in [-0.3, -0.25) is 19.1 Å². The average Bonchev–Trinajstić information content (AvgIpc) is 2.66. The number of carbonyl (C=O) groups is 1. The molecular formula is C17H19F3N4O5S. The van der Waals surface area contributed by atoms with Crippen molar-refractivity contribution < 1.29 is 26.4 Å². The van der Waals surface area contributed by atoms with Crippen molar-refractivity contribution in [1.29, 1.82) is 0 Å². The number of nitrogen functional groups attached to an aromatic ring is 1. The number of anilines is 2. The van der Waals surface area contributed by atoms with Gasteiger partial charge in [0.2, 0.25) is 0 Å². The zero-order valence-corrected chi connectivity index (χ0v) is 16.8. The maximum atomic E-state index is 12.7. The van der Waals surface area contributed by atoms with E-state index in [-0.39, 0.29) is 23.6 Å². The van der Waals surface area contributed by atoms with Crippen molar-refractivity contribution in [2.75, 3.05) is 17.7 Å². The molecule has 0 aliphatic carbocycles. The number of sulfone groups is 1. The second-order valence-corrected chi connectivity index (χ2v) is 8.28. The van der Waals surface area contributed by atoms with Crippen LogP contribution in [0.1, 0.15) is 30.1 Å². The van der Waals surface area contributed by atoms with Crippen LogP contribution in [-0.2, 0) is 16.4 Å². The molecule has 0 radical (unpaired) electrons. The summed E-state index contributed by atoms with van der Waals surface area (Å²) in [7, 11) is -4.37. The van der Waals surface area contributed by atoms with E-state index < -0.39 is 37.4 Å². The molecule has 1 heterocycles. The van der Waals surface area contributed by atoms with E-state index in [0.717, 1.165) is 28.0 Å². The maximum absolute atomic E-state index is 12.7. The fraction of sp³-hybridized carbons (Fsp3) is 0.353. The monoisotopic (exact) mass is 448 g/mol. The molecule has 0 saturated carbocycles. The van der Waals surface area contributed by atoms with Gasteiger partial charge < -0.3 is 10.6 Å². The standard InChI is InChI=1S/C17H19F3N4O5S/c1-3-4-9-24-13(21)12(14(25)22-16(24)27)23(2)15(26)10-5-7-11(8-6-10)30(28,29)17(18,19)20/h5-8H,3-4,9,21H2,1-2H3,(H,22,25,27). The van der Waals surface area contributed by atoms with Crippen molar-refractivity contribution in [3.05, 3.63) is 50.7 Å². The molecule has 30 heavy (non-hydrogen) atoms. The number of nitrogens with two attached hydrogens (primary N) is 1. The highest BCUT2D eigenvalue weighted by atomic mass is 32.2. The van der Waals surface area contributed by atoms with Crippen LogP contribution >= 0.6 is 0 Å². The minimum absolute atomic E-state index is 0.191. The van der Waals surface area contributed by atoms with E-state index in [2.05, 4.69) is 4.98 Å². The minimum atomic E-state index is -5.56. The van der Waals surface area contributed by atoms with Gasteiger partial charge in [-0.25, -0.2) is 13.2 Å². The molecule has 1 amide bonds. The van der Waals surface area contributed by atoms with Gasteiger partial charge in [-0.2, -0.15) is 13.2 Å². The van der Waals surface area contributed by atoms with Gasteiger partial charge in [0.1, 0.15) is 5.82 Å². The molecule has 164 valence electrons. The summed E-state index contributed by atoms with van der Waals surface area (Å²) in [5.74, 6) is -1.09. The van der Waals surface area contributed by atoms with Gasteiger partial charge in [0, 0.05) is 19.2 Å². The first-order valence-electron chi connectivity index (χ1n) is 8.65. The number of rotatable bonds is 6. The Bertz CT molecular complexity index is 1170. The van der Waals surface area contributed by atoms with Crippen LogP contribution in [0.5, 0.6) is 0 Å². The fourth-order valence-corrected chi connectivity index (χ4v) is 3.41. The number of aromatic nitrogens is 2. The second kappa shape index (κ2) is 8.34. The molecular weight excluding hydrogens is 429 g/mol. The maximum Gasteiger partial charge on any atom is 0.501 e. The molecule has 0 atom stereocenters. The Morgan fingerprint density at radius 3 is 2.27 bits per heavy atom. The number of aromatic amines is 1. The molecule has 0 aliphatic rings. The van der Waals surface area contributed by atoms with Crippen LogP contribution in [0, 0.1) is 0 Å². The van der Waals surface area contributed by atoms with E-state index in [1.165, 1.54) is 7.05 Å². The summed E-state index contributed by atoms with van der Waals surface area (Å²) >= 11 is 0. The molecule has 0 bridgehead atoms. The van der Waals surface area contributed by atoms with E-state index in [1.807, 2.05) is 6.92 Å². The molecule has 2 rings (SSSR count). The van der Waals surface area contributed by atoms with Gasteiger partial charge in [0.05, 0.1) is 4.90 Å². The summed E-state index contributed by atoms with van der Waals surface area (Å²) in [5.41, 5.74) is -1.73. The normalized spacial score (nSPS) is 12.0. The highest BCUT2D eigenvalue weighted by Gasteiger charge is 2.46. The van der Waals surface area contributed by atoms with Gasteiger partial charge in [0.25, 0.3) is 21.3 Å². The van der Waals surface area contributed by atoms with Crippen LogP contribution in [-0.4, -0.2) is 36.4 Å². The Balaban J connectivity index is 2.44. The number of nitrogens with zero attached hydrogens (tertiary/aromatic N) is 2. The summed E-state index contributed by atoms with van der Waals surface area (Å²) in [5, 5.41) is 0. The zero-order valence-electron chi connectivity index (χ0n) is 16.0. The third-order valence-corrected chi connectivity index (χ3v) is 5.81. The van der Waals surface area contributed by atoms with Gasteiger partial charge in [-0.05, 0) is 30.7 Å². The first-order chi connectivity index (χ1) is 13.8. The van der Waals surface area contributed by atoms with E-state index in [9.17, 15) is 36.0 Å². The highest BCUT2D eigenvalue weighted by Crippen LogP contribution is 2.30. The summed E-state index contributed by atoms with van der Waals surface area (Å²) in [6.45, 7) is 2.09. The average molecular weight is 448 g/mol. The molecule has 2 aromatic rings. The zero-order chi connectivity index (χ0) is 22.9. The third kappa shape index (κ3) is 4.25. The lowest BCUT2D eigenvalue weighted by molar-refractivity contribution is -0.0436. The Morgan fingerprint density at radius 2 is 1.77 bits per heavy atom. The number of carbonyl (C=O) groups excluding carboxylic acids is 1. The first kappa shape index (κ1) is 23.2. The number of halogens is 3. The van der Waals surface area contributed by atoms with Crippen molar-refractivity contribution in [2.24, 2.45) is 0 Å². The van der Waals surface area contributed by atoms with Gasteiger partial charge in [0.15, 0.2) is 5.69 Å². The molecule has 3 N–H and O–H groups in total. The Hall–Kier alpha value is -3.09. The molecule has 0 unspecified atom stereocenters. The topological polar surface area (TPSA) is 135 Å². The second-order valence-electron chi connectivity index (χ2n) is 6.34. The molecule has 9 nitrogen and oxygen atoms in total. The number of benzene rings is 1. The first-order valence-corrected chi connectivity index (χ1v) is 10.1. The van der Waals surface area contributed by atoms with Crippen molar-refractivity contribution >= 4 is 27.2 Å². The molecule has 1 aromatic carbocycles. The van der Waals surface area contributed by atoms with E-state index in [1.54, 1.807) is 0 Å². The van der Waals surface area contributed by atoms with Crippen LogP contribution in [0.4, 0.5) is 24.7 Å². The Morgan fingerprint density at radius 1 is 1.20 bits per heavy atom. The number of alkyl halides is 3. The van der Waals surface area contributed by atoms with Crippen molar-refractivity contribution in [1.82, 2.24) is 9.55 Å². The number of hydrogen-bond acceptors (Lipinski definition) is 6. The quantitative estimate of drug-likeness (QED) is 0.687. The summed E-state index contributed by atoms with van der Waals surface area (Å²) in [4.78, 5) is 38.7. The molecule has 13 heteroatoms. The van der Waals surface area contributed by atoms with E-state index in [0.29, 0.717) is 18.6 Å². The van der Waals surface area contributed by atoms with Crippen LogP contribution in [0.2, 0.25) is 0 Å². The number of H-pyrrole nitrogens is 1. The summed E-state index contributed by atoms with van der Waals surface area (Å²) in [6, 6.07) is 3.04. The third-order valence-electron chi connectivity index (χ3n) is 4.31. The van der Waals surface area contributed by atoms with Crippen molar-refractivity contribution in [2.45, 2.75) is 36.7 Å². The lowest BCUT2D eigenvalue weighted by atomic mass is 10.2. The predicted octanol–water partition coefficient (Wildman–Crippen LogP) is 1.49. The lowest BCUT2D eigenvalue weighted by Crippen LogP contribution is -2.39. The number of unbranched alkanes of at least 4 members (excludes halogenated alkanes) is 1. The van der Waals surface area contributed by atoms with Gasteiger partial charge in [-0.1, -0.05) is 13.3 Å². The van der Waals surface area contributed by atoms with Crippen LogP contribution < -0.4 is 21.9 Å². The number of amides is 1. The van der Waals surface area contributed by atoms with Crippen LogP contribution in [0.15, 0.2) is 38.8 Å². The number of nitrogens with one attached hydrogen (secondary N) is 1. The predicted molar refractivity (Wildman–Crippen MR) is 103 cm³/mol. The largest absolute Gasteiger partial charge is 0.501 e. The fourth-order valence-electron chi connectivity index (χ4n) is 2.65. The molecule has 0 saturated heterocycles. The van der Waals surface area contributed by atoms with Crippen molar-refractivity contribution in [3.8, 4) is 0 Å². The molecule has 0 aliphatic heterocycles. The lowest BCUT2D eigenvalue weighted by Gasteiger charge is -2.20. The SMILES string of the molecule is CCCCn1c(N)c(N(C)C(=O)c2ccc(S(=O)(=O)C(F)(F)F)cc2)c(=O)[nH]c1=O. The Kier molecular flexibility index (Phi) is 6.45. The highest BCUT2D eigenvalue weighted by molar-refractivity contribution is 7.92. The number of hydrogen-bond donors (Lipinski definition) is 2. The molecule has 1 aromatic heterocycles. The summed E-state index contributed by atoms with van der Waals surface area (Å²) < 4.78 is 61.8.